The lowest BCUT2D eigenvalue weighted by atomic mass is 9.86. The molecule has 2 N–H and O–H groups in total. The molecule has 0 bridgehead atoms. The van der Waals surface area contributed by atoms with Crippen molar-refractivity contribution >= 4 is 29.9 Å². The SMILES string of the molecule is CCNC(=NCCCCN1CCN(C)CC1)NCCc1ccc(C(C)(C)C)cc1.I. The molecule has 1 aromatic carbocycles. The summed E-state index contributed by atoms with van der Waals surface area (Å²) in [6.45, 7) is 17.6. The molecule has 0 unspecified atom stereocenters. The fraction of sp³-hybridized carbons (Fsp3) is 0.708. The monoisotopic (exact) mass is 529 g/mol. The summed E-state index contributed by atoms with van der Waals surface area (Å²) < 4.78 is 0. The fourth-order valence-electron chi connectivity index (χ4n) is 3.55. The van der Waals surface area contributed by atoms with E-state index < -0.39 is 0 Å². The van der Waals surface area contributed by atoms with Crippen molar-refractivity contribution in [3.05, 3.63) is 35.4 Å². The molecule has 1 aromatic rings. The Morgan fingerprint density at radius 2 is 1.67 bits per heavy atom. The van der Waals surface area contributed by atoms with Gasteiger partial charge in [-0.3, -0.25) is 4.99 Å². The van der Waals surface area contributed by atoms with Crippen molar-refractivity contribution in [3.8, 4) is 0 Å². The lowest BCUT2D eigenvalue weighted by Crippen LogP contribution is -2.44. The number of guanidine groups is 1. The lowest BCUT2D eigenvalue weighted by Gasteiger charge is -2.32. The summed E-state index contributed by atoms with van der Waals surface area (Å²) in [4.78, 5) is 9.75. The minimum absolute atomic E-state index is 0. The van der Waals surface area contributed by atoms with Crippen LogP contribution in [-0.2, 0) is 11.8 Å². The van der Waals surface area contributed by atoms with Crippen LogP contribution in [0.15, 0.2) is 29.3 Å². The largest absolute Gasteiger partial charge is 0.357 e. The van der Waals surface area contributed by atoms with Crippen molar-refractivity contribution in [3.63, 3.8) is 0 Å². The molecule has 0 amide bonds. The van der Waals surface area contributed by atoms with Crippen LogP contribution in [0.5, 0.6) is 0 Å². The van der Waals surface area contributed by atoms with Crippen molar-refractivity contribution in [2.24, 2.45) is 4.99 Å². The highest BCUT2D eigenvalue weighted by molar-refractivity contribution is 14.0. The summed E-state index contributed by atoms with van der Waals surface area (Å²) >= 11 is 0. The number of halogens is 1. The molecule has 1 fully saturated rings. The van der Waals surface area contributed by atoms with Crippen LogP contribution < -0.4 is 10.6 Å². The molecule has 0 saturated carbocycles. The van der Waals surface area contributed by atoms with E-state index in [9.17, 15) is 0 Å². The van der Waals surface area contributed by atoms with E-state index in [1.807, 2.05) is 0 Å². The van der Waals surface area contributed by atoms with Gasteiger partial charge in [-0.1, -0.05) is 45.0 Å². The number of unbranched alkanes of at least 4 members (excludes halogenated alkanes) is 1. The van der Waals surface area contributed by atoms with E-state index in [-0.39, 0.29) is 29.4 Å². The third kappa shape index (κ3) is 10.4. The van der Waals surface area contributed by atoms with Crippen molar-refractivity contribution in [2.75, 3.05) is 59.4 Å². The minimum atomic E-state index is 0. The van der Waals surface area contributed by atoms with Gasteiger partial charge in [-0.15, -0.1) is 24.0 Å². The van der Waals surface area contributed by atoms with Crippen LogP contribution in [0.3, 0.4) is 0 Å². The average Bonchev–Trinajstić information content (AvgIpc) is 2.69. The first-order valence-electron chi connectivity index (χ1n) is 11.4. The lowest BCUT2D eigenvalue weighted by molar-refractivity contribution is 0.152. The third-order valence-electron chi connectivity index (χ3n) is 5.62. The maximum Gasteiger partial charge on any atom is 0.191 e. The quantitative estimate of drug-likeness (QED) is 0.222. The number of benzene rings is 1. The molecule has 1 aliphatic heterocycles. The van der Waals surface area contributed by atoms with Gasteiger partial charge in [-0.05, 0) is 56.3 Å². The molecule has 2 rings (SSSR count). The first-order chi connectivity index (χ1) is 13.9. The molecule has 1 saturated heterocycles. The van der Waals surface area contributed by atoms with Crippen LogP contribution in [0.2, 0.25) is 0 Å². The smallest absolute Gasteiger partial charge is 0.191 e. The van der Waals surface area contributed by atoms with Gasteiger partial charge in [-0.2, -0.15) is 0 Å². The zero-order valence-corrected chi connectivity index (χ0v) is 22.2. The topological polar surface area (TPSA) is 42.9 Å². The van der Waals surface area contributed by atoms with E-state index in [1.54, 1.807) is 0 Å². The second kappa shape index (κ2) is 14.2. The normalized spacial score (nSPS) is 16.2. The summed E-state index contributed by atoms with van der Waals surface area (Å²) in [6, 6.07) is 9.03. The zero-order chi connectivity index (χ0) is 21.1. The van der Waals surface area contributed by atoms with Crippen LogP contribution in [0.25, 0.3) is 0 Å². The highest BCUT2D eigenvalue weighted by atomic mass is 127. The summed E-state index contributed by atoms with van der Waals surface area (Å²) in [5, 5.41) is 6.85. The average molecular weight is 530 g/mol. The molecule has 5 nitrogen and oxygen atoms in total. The first kappa shape index (κ1) is 27.2. The molecule has 6 heteroatoms. The van der Waals surface area contributed by atoms with Gasteiger partial charge in [0.05, 0.1) is 0 Å². The number of nitrogens with zero attached hydrogens (tertiary/aromatic N) is 3. The molecule has 1 aliphatic rings. The molecule has 0 aliphatic carbocycles. The summed E-state index contributed by atoms with van der Waals surface area (Å²) in [6.07, 6.45) is 3.39. The van der Waals surface area contributed by atoms with Gasteiger partial charge in [0.1, 0.15) is 0 Å². The Morgan fingerprint density at radius 1 is 1.00 bits per heavy atom. The van der Waals surface area contributed by atoms with Gasteiger partial charge in [0.25, 0.3) is 0 Å². The van der Waals surface area contributed by atoms with Gasteiger partial charge < -0.3 is 20.4 Å². The zero-order valence-electron chi connectivity index (χ0n) is 19.8. The van der Waals surface area contributed by atoms with Crippen LogP contribution >= 0.6 is 24.0 Å². The van der Waals surface area contributed by atoms with Crippen molar-refractivity contribution < 1.29 is 0 Å². The molecule has 30 heavy (non-hydrogen) atoms. The van der Waals surface area contributed by atoms with Crippen LogP contribution in [0.1, 0.15) is 51.7 Å². The molecular weight excluding hydrogens is 485 g/mol. The van der Waals surface area contributed by atoms with Gasteiger partial charge in [0.15, 0.2) is 5.96 Å². The molecule has 0 radical (unpaired) electrons. The van der Waals surface area contributed by atoms with Crippen LogP contribution in [0, 0.1) is 0 Å². The van der Waals surface area contributed by atoms with Crippen LogP contribution in [-0.4, -0.2) is 75.2 Å². The van der Waals surface area contributed by atoms with E-state index in [0.29, 0.717) is 0 Å². The van der Waals surface area contributed by atoms with E-state index in [0.717, 1.165) is 38.4 Å². The number of piperazine rings is 1. The fourth-order valence-corrected chi connectivity index (χ4v) is 3.55. The Labute approximate surface area is 202 Å². The molecule has 0 aromatic heterocycles. The number of hydrogen-bond acceptors (Lipinski definition) is 3. The van der Waals surface area contributed by atoms with Crippen molar-refractivity contribution in [2.45, 2.75) is 52.4 Å². The predicted molar refractivity (Wildman–Crippen MR) is 141 cm³/mol. The second-order valence-corrected chi connectivity index (χ2v) is 9.24. The van der Waals surface area contributed by atoms with Crippen LogP contribution in [0.4, 0.5) is 0 Å². The molecular formula is C24H44IN5. The van der Waals surface area contributed by atoms with E-state index in [4.69, 9.17) is 4.99 Å². The standard InChI is InChI=1S/C24H43N5.HI/c1-6-25-23(26-14-7-8-16-29-19-17-28(5)18-20-29)27-15-13-21-9-11-22(12-10-21)24(2,3)4;/h9-12H,6-8,13-20H2,1-5H3,(H2,25,26,27);1H. The van der Waals surface area contributed by atoms with Gasteiger partial charge in [-0.25, -0.2) is 0 Å². The van der Waals surface area contributed by atoms with Crippen molar-refractivity contribution in [1.82, 2.24) is 20.4 Å². The Kier molecular flexibility index (Phi) is 12.9. The Hall–Kier alpha value is -0.860. The second-order valence-electron chi connectivity index (χ2n) is 9.24. The van der Waals surface area contributed by atoms with E-state index >= 15 is 0 Å². The maximum atomic E-state index is 4.75. The Morgan fingerprint density at radius 3 is 2.27 bits per heavy atom. The minimum Gasteiger partial charge on any atom is -0.357 e. The summed E-state index contributed by atoms with van der Waals surface area (Å²) in [5.41, 5.74) is 2.97. The molecule has 0 atom stereocenters. The molecule has 1 heterocycles. The number of rotatable bonds is 9. The van der Waals surface area contributed by atoms with Crippen molar-refractivity contribution in [1.29, 1.82) is 0 Å². The highest BCUT2D eigenvalue weighted by Gasteiger charge is 2.13. The number of nitrogens with one attached hydrogen (secondary N) is 2. The Balaban J connectivity index is 0.00000450. The van der Waals surface area contributed by atoms with E-state index in [2.05, 4.69) is 79.4 Å². The third-order valence-corrected chi connectivity index (χ3v) is 5.62. The predicted octanol–water partition coefficient (Wildman–Crippen LogP) is 3.73. The number of hydrogen-bond donors (Lipinski definition) is 2. The van der Waals surface area contributed by atoms with Gasteiger partial charge in [0, 0.05) is 45.8 Å². The summed E-state index contributed by atoms with van der Waals surface area (Å²) in [5.74, 6) is 0.943. The van der Waals surface area contributed by atoms with E-state index in [1.165, 1.54) is 50.3 Å². The maximum absolute atomic E-state index is 4.75. The molecule has 172 valence electrons. The van der Waals surface area contributed by atoms with Gasteiger partial charge >= 0.3 is 0 Å². The number of aliphatic imine (C=N–C) groups is 1. The van der Waals surface area contributed by atoms with Gasteiger partial charge in [0.2, 0.25) is 0 Å². The molecule has 0 spiro atoms. The highest BCUT2D eigenvalue weighted by Crippen LogP contribution is 2.22. The summed E-state index contributed by atoms with van der Waals surface area (Å²) in [7, 11) is 2.21. The number of likely N-dealkylation sites (N-methyl/N-ethyl adjacent to an activating group) is 1. The first-order valence-corrected chi connectivity index (χ1v) is 11.4. The Bertz CT molecular complexity index is 601.